The van der Waals surface area contributed by atoms with Crippen LogP contribution in [-0.2, 0) is 5.41 Å². The third-order valence-corrected chi connectivity index (χ3v) is 6.47. The molecular formula is C25H16Cl4O2. The highest BCUT2D eigenvalue weighted by atomic mass is 35.5. The Balaban J connectivity index is 2.21. The fourth-order valence-corrected chi connectivity index (χ4v) is 4.91. The van der Waals surface area contributed by atoms with E-state index in [0.29, 0.717) is 11.1 Å². The lowest BCUT2D eigenvalue weighted by molar-refractivity contribution is 0.475. The Labute approximate surface area is 200 Å². The maximum absolute atomic E-state index is 10.2. The van der Waals surface area contributed by atoms with Crippen molar-refractivity contribution in [2.75, 3.05) is 0 Å². The molecule has 0 aromatic heterocycles. The van der Waals surface area contributed by atoms with E-state index in [9.17, 15) is 10.2 Å². The Hall–Kier alpha value is -2.36. The SMILES string of the molecule is Oc1c(Cl)cc(C(c2ccccc2)(c2ccccc2)c2cc(Cl)c(O)c(Cl)c2)cc1Cl. The minimum atomic E-state index is -0.940. The maximum atomic E-state index is 10.2. The molecule has 0 aliphatic carbocycles. The first kappa shape index (κ1) is 21.9. The zero-order chi connectivity index (χ0) is 22.2. The van der Waals surface area contributed by atoms with Gasteiger partial charge in [-0.05, 0) is 46.5 Å². The average molecular weight is 490 g/mol. The van der Waals surface area contributed by atoms with Crippen LogP contribution < -0.4 is 0 Å². The van der Waals surface area contributed by atoms with Crippen LogP contribution in [-0.4, -0.2) is 10.2 Å². The molecule has 6 heteroatoms. The van der Waals surface area contributed by atoms with Crippen LogP contribution >= 0.6 is 46.4 Å². The van der Waals surface area contributed by atoms with Gasteiger partial charge in [0.1, 0.15) is 0 Å². The number of benzene rings is 4. The molecule has 0 aliphatic heterocycles. The number of halogens is 4. The Morgan fingerprint density at radius 2 is 0.742 bits per heavy atom. The van der Waals surface area contributed by atoms with E-state index < -0.39 is 5.41 Å². The summed E-state index contributed by atoms with van der Waals surface area (Å²) in [5, 5.41) is 20.9. The molecule has 0 fully saturated rings. The second-order valence-corrected chi connectivity index (χ2v) is 8.69. The molecule has 2 N–H and O–H groups in total. The summed E-state index contributed by atoms with van der Waals surface area (Å²) >= 11 is 25.4. The van der Waals surface area contributed by atoms with Crippen molar-refractivity contribution >= 4 is 46.4 Å². The van der Waals surface area contributed by atoms with E-state index >= 15 is 0 Å². The fourth-order valence-electron chi connectivity index (χ4n) is 3.94. The predicted octanol–water partition coefficient (Wildman–Crippen LogP) is 8.09. The Bertz CT molecular complexity index is 1100. The van der Waals surface area contributed by atoms with Crippen LogP contribution in [0.1, 0.15) is 22.3 Å². The summed E-state index contributed by atoms with van der Waals surface area (Å²) in [6.45, 7) is 0. The van der Waals surface area contributed by atoms with Crippen molar-refractivity contribution in [3.63, 3.8) is 0 Å². The van der Waals surface area contributed by atoms with Gasteiger partial charge in [-0.25, -0.2) is 0 Å². The smallest absolute Gasteiger partial charge is 0.152 e. The number of hydrogen-bond donors (Lipinski definition) is 2. The molecule has 0 saturated carbocycles. The second-order valence-electron chi connectivity index (χ2n) is 7.06. The Morgan fingerprint density at radius 3 is 1.03 bits per heavy atom. The molecule has 0 amide bonds. The maximum Gasteiger partial charge on any atom is 0.152 e. The third-order valence-electron chi connectivity index (χ3n) is 5.31. The second kappa shape index (κ2) is 8.64. The molecule has 4 aromatic carbocycles. The largest absolute Gasteiger partial charge is 0.505 e. The first-order chi connectivity index (χ1) is 14.9. The standard InChI is InChI=1S/C25H16Cl4O2/c26-19-11-17(12-20(27)23(19)30)25(15-7-3-1-4-8-15,16-9-5-2-6-10-16)18-13-21(28)24(31)22(29)14-18/h1-14,30-31H. The van der Waals surface area contributed by atoms with Crippen LogP contribution in [0.25, 0.3) is 0 Å². The van der Waals surface area contributed by atoms with Gasteiger partial charge in [0.15, 0.2) is 11.5 Å². The van der Waals surface area contributed by atoms with Crippen molar-refractivity contribution in [3.05, 3.63) is 127 Å². The highest BCUT2D eigenvalue weighted by Gasteiger charge is 2.40. The molecule has 0 saturated heterocycles. The quantitative estimate of drug-likeness (QED) is 0.284. The van der Waals surface area contributed by atoms with Crippen molar-refractivity contribution in [2.24, 2.45) is 0 Å². The van der Waals surface area contributed by atoms with Gasteiger partial charge in [-0.15, -0.1) is 0 Å². The Morgan fingerprint density at radius 1 is 0.452 bits per heavy atom. The minimum absolute atomic E-state index is 0.120. The third kappa shape index (κ3) is 3.75. The van der Waals surface area contributed by atoms with Gasteiger partial charge in [-0.1, -0.05) is 107 Å². The first-order valence-corrected chi connectivity index (χ1v) is 10.8. The lowest BCUT2D eigenvalue weighted by Gasteiger charge is -2.37. The van der Waals surface area contributed by atoms with Crippen LogP contribution in [0.5, 0.6) is 11.5 Å². The van der Waals surface area contributed by atoms with Crippen molar-refractivity contribution in [1.82, 2.24) is 0 Å². The molecular weight excluding hydrogens is 474 g/mol. The molecule has 0 heterocycles. The monoisotopic (exact) mass is 488 g/mol. The summed E-state index contributed by atoms with van der Waals surface area (Å²) in [7, 11) is 0. The molecule has 0 radical (unpaired) electrons. The molecule has 156 valence electrons. The topological polar surface area (TPSA) is 40.5 Å². The summed E-state index contributed by atoms with van der Waals surface area (Å²) < 4.78 is 0. The van der Waals surface area contributed by atoms with E-state index in [1.165, 1.54) is 0 Å². The van der Waals surface area contributed by atoms with Crippen molar-refractivity contribution in [3.8, 4) is 11.5 Å². The van der Waals surface area contributed by atoms with Gasteiger partial charge in [-0.2, -0.15) is 0 Å². The van der Waals surface area contributed by atoms with E-state index in [1.807, 2.05) is 60.7 Å². The lowest BCUT2D eigenvalue weighted by atomic mass is 9.65. The van der Waals surface area contributed by atoms with Crippen molar-refractivity contribution < 1.29 is 10.2 Å². The Kier molecular flexibility index (Phi) is 6.09. The molecule has 4 rings (SSSR count). The van der Waals surface area contributed by atoms with E-state index in [-0.39, 0.29) is 31.6 Å². The van der Waals surface area contributed by atoms with Gasteiger partial charge in [0.2, 0.25) is 0 Å². The number of hydrogen-bond acceptors (Lipinski definition) is 2. The number of aromatic hydroxyl groups is 2. The van der Waals surface area contributed by atoms with E-state index in [0.717, 1.165) is 11.1 Å². The van der Waals surface area contributed by atoms with Gasteiger partial charge in [-0.3, -0.25) is 0 Å². The van der Waals surface area contributed by atoms with Gasteiger partial charge < -0.3 is 10.2 Å². The number of phenolic OH excluding ortho intramolecular Hbond substituents is 2. The average Bonchev–Trinajstić information content (AvgIpc) is 2.77. The zero-order valence-electron chi connectivity index (χ0n) is 16.0. The van der Waals surface area contributed by atoms with Gasteiger partial charge in [0, 0.05) is 0 Å². The van der Waals surface area contributed by atoms with Crippen LogP contribution in [0.3, 0.4) is 0 Å². The van der Waals surface area contributed by atoms with Crippen LogP contribution in [0, 0.1) is 0 Å². The van der Waals surface area contributed by atoms with Crippen LogP contribution in [0.4, 0.5) is 0 Å². The molecule has 0 atom stereocenters. The van der Waals surface area contributed by atoms with Gasteiger partial charge in [0.05, 0.1) is 25.5 Å². The highest BCUT2D eigenvalue weighted by Crippen LogP contribution is 2.50. The highest BCUT2D eigenvalue weighted by molar-refractivity contribution is 6.38. The molecule has 2 nitrogen and oxygen atoms in total. The summed E-state index contributed by atoms with van der Waals surface area (Å²) in [5.74, 6) is -0.382. The summed E-state index contributed by atoms with van der Waals surface area (Å²) in [4.78, 5) is 0. The van der Waals surface area contributed by atoms with E-state index in [2.05, 4.69) is 0 Å². The normalized spacial score (nSPS) is 11.5. The molecule has 0 spiro atoms. The summed E-state index contributed by atoms with van der Waals surface area (Å²) in [5.41, 5.74) is 2.27. The van der Waals surface area contributed by atoms with Crippen molar-refractivity contribution in [2.45, 2.75) is 5.41 Å². The molecule has 4 aromatic rings. The van der Waals surface area contributed by atoms with Gasteiger partial charge in [0.25, 0.3) is 0 Å². The van der Waals surface area contributed by atoms with E-state index in [1.54, 1.807) is 24.3 Å². The molecule has 0 bridgehead atoms. The summed E-state index contributed by atoms with van der Waals surface area (Å²) in [6, 6.07) is 26.2. The fraction of sp³-hybridized carbons (Fsp3) is 0.0400. The van der Waals surface area contributed by atoms with Gasteiger partial charge >= 0.3 is 0 Å². The summed E-state index contributed by atoms with van der Waals surface area (Å²) in [6.07, 6.45) is 0. The molecule has 0 aliphatic rings. The van der Waals surface area contributed by atoms with E-state index in [4.69, 9.17) is 46.4 Å². The van der Waals surface area contributed by atoms with Crippen molar-refractivity contribution in [1.29, 1.82) is 0 Å². The lowest BCUT2D eigenvalue weighted by Crippen LogP contribution is -2.31. The van der Waals surface area contributed by atoms with Crippen LogP contribution in [0.2, 0.25) is 20.1 Å². The number of phenols is 2. The first-order valence-electron chi connectivity index (χ1n) is 9.33. The zero-order valence-corrected chi connectivity index (χ0v) is 19.0. The predicted molar refractivity (Wildman–Crippen MR) is 128 cm³/mol. The minimum Gasteiger partial charge on any atom is -0.505 e. The molecule has 31 heavy (non-hydrogen) atoms. The van der Waals surface area contributed by atoms with Crippen LogP contribution in [0.15, 0.2) is 84.9 Å². The molecule has 0 unspecified atom stereocenters. The number of rotatable bonds is 4.